The lowest BCUT2D eigenvalue weighted by Gasteiger charge is -2.29. The first-order valence-electron chi connectivity index (χ1n) is 8.39. The molecule has 0 aromatic heterocycles. The molecule has 1 saturated carbocycles. The van der Waals surface area contributed by atoms with Crippen LogP contribution in [0, 0.1) is 0 Å². The lowest BCUT2D eigenvalue weighted by molar-refractivity contribution is -0.121. The van der Waals surface area contributed by atoms with Crippen molar-refractivity contribution in [1.82, 2.24) is 5.32 Å². The summed E-state index contributed by atoms with van der Waals surface area (Å²) in [6.07, 6.45) is 4.81. The van der Waals surface area contributed by atoms with Crippen LogP contribution in [0.4, 0.5) is 5.69 Å². The van der Waals surface area contributed by atoms with Gasteiger partial charge in [-0.15, -0.1) is 0 Å². The maximum atomic E-state index is 12.2. The highest BCUT2D eigenvalue weighted by atomic mass is 16.1. The van der Waals surface area contributed by atoms with Crippen molar-refractivity contribution >= 4 is 11.6 Å². The van der Waals surface area contributed by atoms with Crippen LogP contribution in [0.2, 0.25) is 0 Å². The van der Waals surface area contributed by atoms with Crippen molar-refractivity contribution in [3.05, 3.63) is 65.7 Å². The summed E-state index contributed by atoms with van der Waals surface area (Å²) in [5.41, 5.74) is 8.86. The maximum Gasteiger partial charge on any atom is 0.224 e. The molecule has 0 bridgehead atoms. The second kappa shape index (κ2) is 7.32. The van der Waals surface area contributed by atoms with E-state index in [1.807, 2.05) is 24.3 Å². The number of carbonyl (C=O) groups excluding carboxylic acids is 1. The fraction of sp³-hybridized carbons (Fsp3) is 0.350. The third-order valence-corrected chi connectivity index (χ3v) is 4.68. The Morgan fingerprint density at radius 3 is 2.43 bits per heavy atom. The van der Waals surface area contributed by atoms with Crippen LogP contribution >= 0.6 is 0 Å². The minimum atomic E-state index is 0.0961. The molecule has 0 atom stereocenters. The predicted molar refractivity (Wildman–Crippen MR) is 94.1 cm³/mol. The fourth-order valence-corrected chi connectivity index (χ4v) is 3.46. The van der Waals surface area contributed by atoms with Crippen LogP contribution in [0.1, 0.15) is 42.7 Å². The largest absolute Gasteiger partial charge is 0.399 e. The van der Waals surface area contributed by atoms with Crippen LogP contribution in [0.3, 0.4) is 0 Å². The number of nitrogen functional groups attached to an aromatic ring is 1. The molecule has 2 aromatic carbocycles. The average molecular weight is 308 g/mol. The van der Waals surface area contributed by atoms with Crippen LogP contribution in [0.25, 0.3) is 0 Å². The molecule has 23 heavy (non-hydrogen) atoms. The molecule has 0 radical (unpaired) electrons. The molecule has 3 rings (SSSR count). The van der Waals surface area contributed by atoms with Crippen LogP contribution < -0.4 is 11.1 Å². The number of carbonyl (C=O) groups is 1. The summed E-state index contributed by atoms with van der Waals surface area (Å²) in [5, 5.41) is 3.18. The van der Waals surface area contributed by atoms with E-state index in [0.717, 1.165) is 31.2 Å². The molecule has 0 unspecified atom stereocenters. The van der Waals surface area contributed by atoms with Gasteiger partial charge in [0.2, 0.25) is 5.91 Å². The Labute approximate surface area is 137 Å². The Balaban J connectivity index is 1.48. The maximum absolute atomic E-state index is 12.2. The summed E-state index contributed by atoms with van der Waals surface area (Å²) in [6.45, 7) is 0. The summed E-state index contributed by atoms with van der Waals surface area (Å²) < 4.78 is 0. The minimum absolute atomic E-state index is 0.0961. The molecule has 120 valence electrons. The molecule has 3 N–H and O–H groups in total. The standard InChI is InChI=1S/C20H24N2O/c21-18-8-4-5-15(13-18)14-20(23)22-19-11-9-17(10-12-19)16-6-2-1-3-7-16/h1-8,13,17,19H,9-12,14,21H2,(H,22,23). The second-order valence-electron chi connectivity index (χ2n) is 6.45. The lowest BCUT2D eigenvalue weighted by Crippen LogP contribution is -2.38. The number of hydrogen-bond donors (Lipinski definition) is 2. The van der Waals surface area contributed by atoms with Crippen LogP contribution in [-0.4, -0.2) is 11.9 Å². The Kier molecular flexibility index (Phi) is 4.96. The molecular weight excluding hydrogens is 284 g/mol. The molecule has 1 amide bonds. The van der Waals surface area contributed by atoms with E-state index in [1.165, 1.54) is 5.56 Å². The number of hydrogen-bond acceptors (Lipinski definition) is 2. The van der Waals surface area contributed by atoms with Crippen molar-refractivity contribution in [1.29, 1.82) is 0 Å². The summed E-state index contributed by atoms with van der Waals surface area (Å²) in [4.78, 5) is 12.2. The summed E-state index contributed by atoms with van der Waals surface area (Å²) >= 11 is 0. The van der Waals surface area contributed by atoms with Gasteiger partial charge in [0, 0.05) is 11.7 Å². The summed E-state index contributed by atoms with van der Waals surface area (Å²) in [7, 11) is 0. The van der Waals surface area contributed by atoms with E-state index in [9.17, 15) is 4.79 Å². The van der Waals surface area contributed by atoms with Gasteiger partial charge in [-0.05, 0) is 54.9 Å². The molecule has 0 heterocycles. The molecular formula is C20H24N2O. The van der Waals surface area contributed by atoms with Gasteiger partial charge in [-0.1, -0.05) is 42.5 Å². The van der Waals surface area contributed by atoms with Crippen molar-refractivity contribution in [2.24, 2.45) is 0 Å². The SMILES string of the molecule is Nc1cccc(CC(=O)NC2CCC(c3ccccc3)CC2)c1. The smallest absolute Gasteiger partial charge is 0.224 e. The zero-order valence-electron chi connectivity index (χ0n) is 13.4. The molecule has 2 aromatic rings. The number of rotatable bonds is 4. The van der Waals surface area contributed by atoms with E-state index in [2.05, 4.69) is 35.6 Å². The molecule has 0 aliphatic heterocycles. The molecule has 3 nitrogen and oxygen atoms in total. The third kappa shape index (κ3) is 4.35. The van der Waals surface area contributed by atoms with Gasteiger partial charge in [0.05, 0.1) is 6.42 Å². The zero-order chi connectivity index (χ0) is 16.1. The Bertz CT molecular complexity index is 646. The van der Waals surface area contributed by atoms with E-state index < -0.39 is 0 Å². The monoisotopic (exact) mass is 308 g/mol. The number of anilines is 1. The van der Waals surface area contributed by atoms with Crippen LogP contribution in [0.15, 0.2) is 54.6 Å². The molecule has 1 aliphatic rings. The van der Waals surface area contributed by atoms with Gasteiger partial charge in [-0.25, -0.2) is 0 Å². The van der Waals surface area contributed by atoms with Gasteiger partial charge >= 0.3 is 0 Å². The fourth-order valence-electron chi connectivity index (χ4n) is 3.46. The van der Waals surface area contributed by atoms with Gasteiger partial charge in [0.1, 0.15) is 0 Å². The summed E-state index contributed by atoms with van der Waals surface area (Å²) in [5.74, 6) is 0.733. The summed E-state index contributed by atoms with van der Waals surface area (Å²) in [6, 6.07) is 18.6. The van der Waals surface area contributed by atoms with E-state index in [0.29, 0.717) is 24.1 Å². The van der Waals surface area contributed by atoms with Gasteiger partial charge in [-0.2, -0.15) is 0 Å². The highest BCUT2D eigenvalue weighted by Gasteiger charge is 2.23. The topological polar surface area (TPSA) is 55.1 Å². The van der Waals surface area contributed by atoms with Gasteiger partial charge in [0.15, 0.2) is 0 Å². The highest BCUT2D eigenvalue weighted by molar-refractivity contribution is 5.79. The van der Waals surface area contributed by atoms with Crippen molar-refractivity contribution < 1.29 is 4.79 Å². The van der Waals surface area contributed by atoms with E-state index in [-0.39, 0.29) is 5.91 Å². The van der Waals surface area contributed by atoms with Crippen molar-refractivity contribution in [2.75, 3.05) is 5.73 Å². The first-order chi connectivity index (χ1) is 11.2. The van der Waals surface area contributed by atoms with Crippen LogP contribution in [-0.2, 0) is 11.2 Å². The Morgan fingerprint density at radius 2 is 1.74 bits per heavy atom. The van der Waals surface area contributed by atoms with Gasteiger partial charge < -0.3 is 11.1 Å². The number of nitrogens with two attached hydrogens (primary N) is 1. The Morgan fingerprint density at radius 1 is 1.00 bits per heavy atom. The Hall–Kier alpha value is -2.29. The van der Waals surface area contributed by atoms with E-state index in [1.54, 1.807) is 0 Å². The number of nitrogens with one attached hydrogen (secondary N) is 1. The van der Waals surface area contributed by atoms with Crippen molar-refractivity contribution in [3.8, 4) is 0 Å². The van der Waals surface area contributed by atoms with E-state index in [4.69, 9.17) is 5.73 Å². The first kappa shape index (κ1) is 15.6. The molecule has 3 heteroatoms. The molecule has 1 fully saturated rings. The second-order valence-corrected chi connectivity index (χ2v) is 6.45. The third-order valence-electron chi connectivity index (χ3n) is 4.68. The van der Waals surface area contributed by atoms with Crippen LogP contribution in [0.5, 0.6) is 0 Å². The first-order valence-corrected chi connectivity index (χ1v) is 8.39. The molecule has 0 saturated heterocycles. The predicted octanol–water partition coefficient (Wildman–Crippen LogP) is 3.65. The quantitative estimate of drug-likeness (QED) is 0.847. The highest BCUT2D eigenvalue weighted by Crippen LogP contribution is 2.32. The van der Waals surface area contributed by atoms with Crippen molar-refractivity contribution in [2.45, 2.75) is 44.1 Å². The normalized spacial score (nSPS) is 20.9. The number of benzene rings is 2. The average Bonchev–Trinajstić information content (AvgIpc) is 2.56. The van der Waals surface area contributed by atoms with Gasteiger partial charge in [-0.3, -0.25) is 4.79 Å². The molecule has 0 spiro atoms. The lowest BCUT2D eigenvalue weighted by atomic mass is 9.82. The number of amides is 1. The van der Waals surface area contributed by atoms with E-state index >= 15 is 0 Å². The van der Waals surface area contributed by atoms with Crippen molar-refractivity contribution in [3.63, 3.8) is 0 Å². The zero-order valence-corrected chi connectivity index (χ0v) is 13.4. The molecule has 1 aliphatic carbocycles. The minimum Gasteiger partial charge on any atom is -0.399 e. The van der Waals surface area contributed by atoms with Gasteiger partial charge in [0.25, 0.3) is 0 Å².